The van der Waals surface area contributed by atoms with Crippen molar-refractivity contribution in [2.45, 2.75) is 118 Å². The number of terminal acetylenes is 1. The van der Waals surface area contributed by atoms with Gasteiger partial charge in [-0.15, -0.1) is 6.42 Å². The molecule has 0 aliphatic heterocycles. The van der Waals surface area contributed by atoms with Crippen LogP contribution in [0.15, 0.2) is 24.5 Å². The zero-order chi connectivity index (χ0) is 25.4. The monoisotopic (exact) mass is 478 g/mol. The summed E-state index contributed by atoms with van der Waals surface area (Å²) >= 11 is 0. The molecule has 0 spiro atoms. The Balaban J connectivity index is 0.000000638. The lowest BCUT2D eigenvalue weighted by molar-refractivity contribution is -0.0446. The van der Waals surface area contributed by atoms with E-state index < -0.39 is 0 Å². The number of fused-ring (bicyclic) bond motifs is 5. The van der Waals surface area contributed by atoms with E-state index >= 15 is 0 Å². The van der Waals surface area contributed by atoms with E-state index in [4.69, 9.17) is 6.42 Å². The molecule has 5 rings (SSSR count). The van der Waals surface area contributed by atoms with E-state index in [9.17, 15) is 0 Å². The number of allylic oxidation sites excluding steroid dienone is 1. The Kier molecular flexibility index (Phi) is 11.0. The maximum Gasteiger partial charge on any atom is 0.0646 e. The Morgan fingerprint density at radius 1 is 0.943 bits per heavy atom. The van der Waals surface area contributed by atoms with Crippen LogP contribution in [-0.4, -0.2) is 9.78 Å². The minimum atomic E-state index is 0.690. The molecule has 4 aliphatic rings. The topological polar surface area (TPSA) is 17.8 Å². The lowest BCUT2D eigenvalue weighted by Crippen LogP contribution is -2.47. The zero-order valence-corrected chi connectivity index (χ0v) is 23.6. The Morgan fingerprint density at radius 3 is 2.26 bits per heavy atom. The summed E-state index contributed by atoms with van der Waals surface area (Å²) < 4.78 is 2.00. The molecule has 0 bridgehead atoms. The maximum atomic E-state index is 5.52. The van der Waals surface area contributed by atoms with Crippen molar-refractivity contribution in [3.63, 3.8) is 0 Å². The smallest absolute Gasteiger partial charge is 0.0646 e. The second-order valence-electron chi connectivity index (χ2n) is 12.0. The predicted molar refractivity (Wildman–Crippen MR) is 151 cm³/mol. The molecular formula is C33H54N2. The fourth-order valence-electron chi connectivity index (χ4n) is 8.53. The van der Waals surface area contributed by atoms with Gasteiger partial charge in [0.15, 0.2) is 0 Å². The highest BCUT2D eigenvalue weighted by Gasteiger charge is 2.50. The molecule has 196 valence electrons. The van der Waals surface area contributed by atoms with Gasteiger partial charge in [0.1, 0.15) is 0 Å². The molecule has 4 fully saturated rings. The van der Waals surface area contributed by atoms with Crippen molar-refractivity contribution in [2.24, 2.45) is 47.3 Å². The Labute approximate surface area is 217 Å². The van der Waals surface area contributed by atoms with Crippen molar-refractivity contribution in [2.75, 3.05) is 0 Å². The van der Waals surface area contributed by atoms with Crippen molar-refractivity contribution in [1.29, 1.82) is 0 Å². The van der Waals surface area contributed by atoms with Gasteiger partial charge in [-0.3, -0.25) is 4.68 Å². The lowest BCUT2D eigenvalue weighted by Gasteiger charge is -2.55. The average molecular weight is 479 g/mol. The standard InChI is InChI=1S/C28H40N2.C3H8.C2H6/c1-4-21-16-29-30(18-21)17-20(3)23-8-6-10-25-26(23)13-14-27-24-9-5-7-19(2)15-22(24)11-12-28(25)27;1-3-2;1-2/h1,16,18-19,22-28H,3,5-15,17H2,2H3;3H2,1-2H3;1-2H3/t19?,22?,23?,24?,25-,26?,27?,28?;;/m1../s1. The summed E-state index contributed by atoms with van der Waals surface area (Å²) in [6.45, 7) is 16.2. The van der Waals surface area contributed by atoms with Gasteiger partial charge in [-0.1, -0.05) is 78.4 Å². The summed E-state index contributed by atoms with van der Waals surface area (Å²) in [6, 6.07) is 0. The van der Waals surface area contributed by atoms with E-state index in [-0.39, 0.29) is 0 Å². The SMILES string of the molecule is C#Cc1cnn(CC(=C)C2CCC[C@@H]3C2CCC2C4CCCC(C)CC4CCC23)c1.CC.CCC. The van der Waals surface area contributed by atoms with E-state index in [1.807, 2.05) is 24.7 Å². The quantitative estimate of drug-likeness (QED) is 0.313. The molecule has 0 saturated heterocycles. The van der Waals surface area contributed by atoms with Crippen LogP contribution in [0.2, 0.25) is 0 Å². The normalized spacial score (nSPS) is 35.8. The van der Waals surface area contributed by atoms with Crippen LogP contribution in [0.3, 0.4) is 0 Å². The Morgan fingerprint density at radius 2 is 1.54 bits per heavy atom. The second kappa shape index (κ2) is 13.7. The van der Waals surface area contributed by atoms with Gasteiger partial charge in [0, 0.05) is 6.20 Å². The number of rotatable bonds is 3. The van der Waals surface area contributed by atoms with E-state index in [0.717, 1.165) is 53.5 Å². The summed E-state index contributed by atoms with van der Waals surface area (Å²) in [7, 11) is 0. The number of hydrogen-bond acceptors (Lipinski definition) is 1. The van der Waals surface area contributed by atoms with Gasteiger partial charge in [-0.2, -0.15) is 5.10 Å². The zero-order valence-electron chi connectivity index (χ0n) is 23.6. The Hall–Kier alpha value is -1.49. The fraction of sp³-hybridized carbons (Fsp3) is 0.788. The van der Waals surface area contributed by atoms with Crippen LogP contribution >= 0.6 is 0 Å². The van der Waals surface area contributed by atoms with Crippen molar-refractivity contribution >= 4 is 0 Å². The van der Waals surface area contributed by atoms with Gasteiger partial charge in [0.05, 0.1) is 18.3 Å². The molecule has 2 nitrogen and oxygen atoms in total. The molecule has 4 aliphatic carbocycles. The molecule has 0 N–H and O–H groups in total. The predicted octanol–water partition coefficient (Wildman–Crippen LogP) is 9.16. The molecule has 35 heavy (non-hydrogen) atoms. The molecular weight excluding hydrogens is 424 g/mol. The van der Waals surface area contributed by atoms with Gasteiger partial charge in [0.2, 0.25) is 0 Å². The third-order valence-corrected chi connectivity index (χ3v) is 9.71. The highest BCUT2D eigenvalue weighted by Crippen LogP contribution is 2.58. The molecule has 1 heterocycles. The first-order valence-corrected chi connectivity index (χ1v) is 15.2. The fourth-order valence-corrected chi connectivity index (χ4v) is 8.53. The van der Waals surface area contributed by atoms with Gasteiger partial charge < -0.3 is 0 Å². The molecule has 2 heteroatoms. The summed E-state index contributed by atoms with van der Waals surface area (Å²) in [5, 5.41) is 4.46. The summed E-state index contributed by atoms with van der Waals surface area (Å²) in [5.41, 5.74) is 2.27. The molecule has 0 amide bonds. The van der Waals surface area contributed by atoms with Gasteiger partial charge >= 0.3 is 0 Å². The highest BCUT2D eigenvalue weighted by molar-refractivity contribution is 5.26. The van der Waals surface area contributed by atoms with Crippen LogP contribution in [0.4, 0.5) is 0 Å². The van der Waals surface area contributed by atoms with E-state index in [2.05, 4.69) is 38.4 Å². The number of hydrogen-bond donors (Lipinski definition) is 0. The summed E-state index contributed by atoms with van der Waals surface area (Å²) in [6.07, 6.45) is 26.8. The lowest BCUT2D eigenvalue weighted by atomic mass is 9.50. The first-order valence-electron chi connectivity index (χ1n) is 15.2. The first-order chi connectivity index (χ1) is 17.0. The Bertz CT molecular complexity index is 813. The molecule has 0 aromatic carbocycles. The molecule has 0 radical (unpaired) electrons. The second-order valence-corrected chi connectivity index (χ2v) is 12.0. The maximum absolute atomic E-state index is 5.52. The van der Waals surface area contributed by atoms with Gasteiger partial charge in [-0.25, -0.2) is 0 Å². The van der Waals surface area contributed by atoms with E-state index in [0.29, 0.717) is 5.92 Å². The highest BCUT2D eigenvalue weighted by atomic mass is 15.3. The largest absolute Gasteiger partial charge is 0.267 e. The molecule has 1 aromatic rings. The molecule has 1 aromatic heterocycles. The van der Waals surface area contributed by atoms with Crippen LogP contribution in [0.1, 0.15) is 117 Å². The van der Waals surface area contributed by atoms with Gasteiger partial charge in [0.25, 0.3) is 0 Å². The van der Waals surface area contributed by atoms with Crippen LogP contribution in [0.5, 0.6) is 0 Å². The third kappa shape index (κ3) is 6.64. The van der Waals surface area contributed by atoms with Crippen LogP contribution in [0.25, 0.3) is 0 Å². The van der Waals surface area contributed by atoms with Crippen molar-refractivity contribution in [1.82, 2.24) is 9.78 Å². The van der Waals surface area contributed by atoms with Crippen LogP contribution < -0.4 is 0 Å². The first kappa shape index (κ1) is 28.1. The van der Waals surface area contributed by atoms with Crippen molar-refractivity contribution in [3.8, 4) is 12.3 Å². The average Bonchev–Trinajstić information content (AvgIpc) is 3.24. The number of nitrogens with zero attached hydrogens (tertiary/aromatic N) is 2. The van der Waals surface area contributed by atoms with Crippen molar-refractivity contribution in [3.05, 3.63) is 30.1 Å². The van der Waals surface area contributed by atoms with Crippen LogP contribution in [0, 0.1) is 59.7 Å². The van der Waals surface area contributed by atoms with E-state index in [1.54, 1.807) is 6.20 Å². The summed E-state index contributed by atoms with van der Waals surface area (Å²) in [5.74, 6) is 10.3. The minimum absolute atomic E-state index is 0.690. The molecule has 7 unspecified atom stereocenters. The van der Waals surface area contributed by atoms with E-state index in [1.165, 1.54) is 82.6 Å². The third-order valence-electron chi connectivity index (χ3n) is 9.71. The minimum Gasteiger partial charge on any atom is -0.267 e. The van der Waals surface area contributed by atoms with Crippen LogP contribution in [-0.2, 0) is 6.54 Å². The van der Waals surface area contributed by atoms with Crippen molar-refractivity contribution < 1.29 is 0 Å². The summed E-state index contributed by atoms with van der Waals surface area (Å²) in [4.78, 5) is 0. The number of aromatic nitrogens is 2. The van der Waals surface area contributed by atoms with Gasteiger partial charge in [-0.05, 0) is 98.7 Å². The molecule has 8 atom stereocenters. The molecule has 4 saturated carbocycles.